The highest BCUT2D eigenvalue weighted by Crippen LogP contribution is 2.11. The molecule has 2 nitrogen and oxygen atoms in total. The van der Waals surface area contributed by atoms with Gasteiger partial charge in [0.15, 0.2) is 0 Å². The number of halogens is 2. The molecule has 0 saturated carbocycles. The number of ether oxygens (including phenoxy) is 2. The van der Waals surface area contributed by atoms with Gasteiger partial charge in [-0.2, -0.15) is 0 Å². The van der Waals surface area contributed by atoms with Gasteiger partial charge in [-0.05, 0) is 11.1 Å². The van der Waals surface area contributed by atoms with Crippen molar-refractivity contribution in [1.82, 2.24) is 0 Å². The van der Waals surface area contributed by atoms with Crippen molar-refractivity contribution < 1.29 is 9.47 Å². The van der Waals surface area contributed by atoms with Gasteiger partial charge in [-0.25, -0.2) is 0 Å². The highest BCUT2D eigenvalue weighted by Gasteiger charge is 2.01. The third kappa shape index (κ3) is 5.79. The summed E-state index contributed by atoms with van der Waals surface area (Å²) in [6.45, 7) is 2.99. The molecule has 0 unspecified atom stereocenters. The van der Waals surface area contributed by atoms with E-state index in [2.05, 4.69) is 57.3 Å². The summed E-state index contributed by atoms with van der Waals surface area (Å²) in [6, 6.07) is 8.31. The van der Waals surface area contributed by atoms with Crippen molar-refractivity contribution >= 4 is 45.2 Å². The van der Waals surface area contributed by atoms with Crippen LogP contribution in [-0.4, -0.2) is 22.1 Å². The van der Waals surface area contributed by atoms with E-state index in [0.717, 1.165) is 22.1 Å². The van der Waals surface area contributed by atoms with E-state index in [4.69, 9.17) is 9.47 Å². The summed E-state index contributed by atoms with van der Waals surface area (Å²) in [6.07, 6.45) is 0. The molecule has 0 heterocycles. The van der Waals surface area contributed by atoms with Crippen LogP contribution in [0.2, 0.25) is 0 Å². The van der Waals surface area contributed by atoms with Gasteiger partial charge in [0.1, 0.15) is 0 Å². The second kappa shape index (κ2) is 9.61. The predicted molar refractivity (Wildman–Crippen MR) is 83.5 cm³/mol. The molecule has 90 valence electrons. The minimum Gasteiger partial charge on any atom is -0.376 e. The van der Waals surface area contributed by atoms with Gasteiger partial charge in [0.2, 0.25) is 0 Å². The van der Waals surface area contributed by atoms with Crippen LogP contribution in [0.5, 0.6) is 0 Å². The monoisotopic (exact) mass is 446 g/mol. The van der Waals surface area contributed by atoms with Crippen LogP contribution in [0, 0.1) is 0 Å². The quantitative estimate of drug-likeness (QED) is 0.346. The molecular weight excluding hydrogens is 430 g/mol. The van der Waals surface area contributed by atoms with E-state index in [0.29, 0.717) is 13.2 Å². The molecule has 0 aromatic heterocycles. The molecular formula is C12H16I2O2. The molecule has 4 heteroatoms. The number of alkyl halides is 2. The molecule has 1 aromatic carbocycles. The Hall–Kier alpha value is 0.600. The topological polar surface area (TPSA) is 18.5 Å². The fourth-order valence-corrected chi connectivity index (χ4v) is 1.94. The van der Waals surface area contributed by atoms with Gasteiger partial charge >= 0.3 is 0 Å². The number of rotatable bonds is 8. The number of benzene rings is 1. The van der Waals surface area contributed by atoms with Gasteiger partial charge in [0.05, 0.1) is 26.4 Å². The van der Waals surface area contributed by atoms with Gasteiger partial charge in [0.25, 0.3) is 0 Å². The fraction of sp³-hybridized carbons (Fsp3) is 0.500. The average Bonchev–Trinajstić information content (AvgIpc) is 2.32. The van der Waals surface area contributed by atoms with Crippen LogP contribution in [0.1, 0.15) is 11.1 Å². The minimum atomic E-state index is 0.687. The Balaban J connectivity index is 2.46. The molecule has 0 atom stereocenters. The molecule has 0 aliphatic heterocycles. The second-order valence-corrected chi connectivity index (χ2v) is 5.41. The highest BCUT2D eigenvalue weighted by atomic mass is 127. The minimum absolute atomic E-state index is 0.687. The van der Waals surface area contributed by atoms with Crippen molar-refractivity contribution in [2.24, 2.45) is 0 Å². The molecule has 0 aliphatic rings. The van der Waals surface area contributed by atoms with Crippen LogP contribution in [0.3, 0.4) is 0 Å². The zero-order chi connectivity index (χ0) is 11.6. The lowest BCUT2D eigenvalue weighted by Crippen LogP contribution is -2.02. The van der Waals surface area contributed by atoms with Gasteiger partial charge in [-0.1, -0.05) is 69.4 Å². The lowest BCUT2D eigenvalue weighted by molar-refractivity contribution is 0.123. The summed E-state index contributed by atoms with van der Waals surface area (Å²) < 4.78 is 13.2. The maximum atomic E-state index is 5.55. The smallest absolute Gasteiger partial charge is 0.0720 e. The Bertz CT molecular complexity index is 263. The largest absolute Gasteiger partial charge is 0.376 e. The van der Waals surface area contributed by atoms with Crippen molar-refractivity contribution in [2.45, 2.75) is 13.2 Å². The molecule has 0 fully saturated rings. The van der Waals surface area contributed by atoms with Crippen LogP contribution in [0.15, 0.2) is 24.3 Å². The molecule has 0 spiro atoms. The molecule has 0 N–H and O–H groups in total. The van der Waals surface area contributed by atoms with E-state index >= 15 is 0 Å². The lowest BCUT2D eigenvalue weighted by atomic mass is 10.1. The summed E-state index contributed by atoms with van der Waals surface area (Å²) >= 11 is 4.63. The molecule has 1 rings (SSSR count). The summed E-state index contributed by atoms with van der Waals surface area (Å²) in [5, 5.41) is 0. The SMILES string of the molecule is ICCOCc1ccccc1COCCI. The highest BCUT2D eigenvalue weighted by molar-refractivity contribution is 14.1. The van der Waals surface area contributed by atoms with Crippen molar-refractivity contribution in [1.29, 1.82) is 0 Å². The first-order valence-corrected chi connectivity index (χ1v) is 8.27. The van der Waals surface area contributed by atoms with Crippen molar-refractivity contribution in [3.63, 3.8) is 0 Å². The normalized spacial score (nSPS) is 10.6. The standard InChI is InChI=1S/C12H16I2O2/c13-5-7-15-9-11-3-1-2-4-12(11)10-16-8-6-14/h1-4H,5-10H2. The van der Waals surface area contributed by atoms with Crippen LogP contribution < -0.4 is 0 Å². The molecule has 0 bridgehead atoms. The van der Waals surface area contributed by atoms with Crippen LogP contribution in [0.4, 0.5) is 0 Å². The molecule has 16 heavy (non-hydrogen) atoms. The first-order valence-electron chi connectivity index (χ1n) is 5.22. The van der Waals surface area contributed by atoms with E-state index in [1.54, 1.807) is 0 Å². The Labute approximate surface area is 124 Å². The third-order valence-corrected chi connectivity index (χ3v) is 2.96. The summed E-state index contributed by atoms with van der Waals surface area (Å²) in [4.78, 5) is 0. The van der Waals surface area contributed by atoms with Gasteiger partial charge < -0.3 is 9.47 Å². The number of hydrogen-bond acceptors (Lipinski definition) is 2. The lowest BCUT2D eigenvalue weighted by Gasteiger charge is -2.09. The Morgan fingerprint density at radius 3 is 1.62 bits per heavy atom. The second-order valence-electron chi connectivity index (χ2n) is 3.25. The molecule has 0 aliphatic carbocycles. The first kappa shape index (κ1) is 14.7. The zero-order valence-electron chi connectivity index (χ0n) is 9.12. The summed E-state index contributed by atoms with van der Waals surface area (Å²) in [5.41, 5.74) is 2.47. The van der Waals surface area contributed by atoms with Crippen LogP contribution in [-0.2, 0) is 22.7 Å². The van der Waals surface area contributed by atoms with Crippen molar-refractivity contribution in [2.75, 3.05) is 22.1 Å². The predicted octanol–water partition coefficient (Wildman–Crippen LogP) is 3.59. The summed E-state index contributed by atoms with van der Waals surface area (Å²) in [5.74, 6) is 0. The maximum Gasteiger partial charge on any atom is 0.0720 e. The Morgan fingerprint density at radius 1 is 0.812 bits per heavy atom. The third-order valence-electron chi connectivity index (χ3n) is 2.08. The van der Waals surface area contributed by atoms with E-state index in [1.165, 1.54) is 11.1 Å². The molecule has 1 aromatic rings. The summed E-state index contributed by atoms with van der Waals surface area (Å²) in [7, 11) is 0. The van der Waals surface area contributed by atoms with E-state index in [1.807, 2.05) is 12.1 Å². The zero-order valence-corrected chi connectivity index (χ0v) is 13.4. The Morgan fingerprint density at radius 2 is 1.25 bits per heavy atom. The Kier molecular flexibility index (Phi) is 8.81. The van der Waals surface area contributed by atoms with E-state index in [-0.39, 0.29) is 0 Å². The average molecular weight is 446 g/mol. The maximum absolute atomic E-state index is 5.55. The first-order chi connectivity index (χ1) is 7.88. The molecule has 0 radical (unpaired) electrons. The van der Waals surface area contributed by atoms with Crippen LogP contribution in [0.25, 0.3) is 0 Å². The van der Waals surface area contributed by atoms with E-state index in [9.17, 15) is 0 Å². The van der Waals surface area contributed by atoms with Gasteiger partial charge in [-0.15, -0.1) is 0 Å². The molecule has 0 amide bonds. The van der Waals surface area contributed by atoms with Crippen LogP contribution >= 0.6 is 45.2 Å². The number of hydrogen-bond donors (Lipinski definition) is 0. The molecule has 0 saturated heterocycles. The van der Waals surface area contributed by atoms with Crippen molar-refractivity contribution in [3.8, 4) is 0 Å². The van der Waals surface area contributed by atoms with Gasteiger partial charge in [-0.3, -0.25) is 0 Å². The van der Waals surface area contributed by atoms with Crippen molar-refractivity contribution in [3.05, 3.63) is 35.4 Å². The van der Waals surface area contributed by atoms with E-state index < -0.39 is 0 Å². The van der Waals surface area contributed by atoms with Gasteiger partial charge in [0, 0.05) is 8.86 Å². The fourth-order valence-electron chi connectivity index (χ4n) is 1.31.